The Labute approximate surface area is 98.8 Å². The van der Waals surface area contributed by atoms with Gasteiger partial charge in [0.15, 0.2) is 11.5 Å². The summed E-state index contributed by atoms with van der Waals surface area (Å²) in [5.74, 6) is 0.698. The number of phenolic OH excluding ortho intramolecular Hbond substituents is 1. The van der Waals surface area contributed by atoms with Crippen LogP contribution in [0.25, 0.3) is 11.3 Å². The maximum atomic E-state index is 10.2. The first-order chi connectivity index (χ1) is 8.04. The van der Waals surface area contributed by atoms with Crippen molar-refractivity contribution in [2.24, 2.45) is 0 Å². The van der Waals surface area contributed by atoms with Crippen LogP contribution in [0.15, 0.2) is 16.7 Å². The van der Waals surface area contributed by atoms with Gasteiger partial charge in [-0.3, -0.25) is 0 Å². The minimum atomic E-state index is 0.0540. The van der Waals surface area contributed by atoms with Crippen LogP contribution >= 0.6 is 0 Å². The fourth-order valence-corrected chi connectivity index (χ4v) is 1.94. The molecule has 0 atom stereocenters. The van der Waals surface area contributed by atoms with Crippen LogP contribution in [0.5, 0.6) is 11.5 Å². The first-order valence-electron chi connectivity index (χ1n) is 5.14. The van der Waals surface area contributed by atoms with Gasteiger partial charge in [-0.2, -0.15) is 0 Å². The van der Waals surface area contributed by atoms with Crippen molar-refractivity contribution in [2.45, 2.75) is 13.8 Å². The Morgan fingerprint density at radius 1 is 1.29 bits per heavy atom. The molecule has 3 N–H and O–H groups in total. The van der Waals surface area contributed by atoms with Crippen molar-refractivity contribution in [3.63, 3.8) is 0 Å². The Bertz CT molecular complexity index is 561. The van der Waals surface area contributed by atoms with E-state index in [1.165, 1.54) is 7.11 Å². The van der Waals surface area contributed by atoms with Crippen LogP contribution in [-0.2, 0) is 0 Å². The maximum absolute atomic E-state index is 10.2. The third kappa shape index (κ3) is 1.80. The Kier molecular flexibility index (Phi) is 2.67. The first-order valence-corrected chi connectivity index (χ1v) is 5.14. The molecule has 5 nitrogen and oxygen atoms in total. The third-order valence-corrected chi connectivity index (χ3v) is 2.63. The molecule has 0 aliphatic rings. The van der Waals surface area contributed by atoms with E-state index in [1.54, 1.807) is 6.07 Å². The SMILES string of the molecule is COc1c(C)cc(C)c(-c2cc(N)on2)c1O. The zero-order chi connectivity index (χ0) is 12.6. The normalized spacial score (nSPS) is 10.5. The van der Waals surface area contributed by atoms with Gasteiger partial charge >= 0.3 is 0 Å². The van der Waals surface area contributed by atoms with Crippen LogP contribution in [0.4, 0.5) is 5.88 Å². The fraction of sp³-hybridized carbons (Fsp3) is 0.250. The van der Waals surface area contributed by atoms with Gasteiger partial charge in [0.05, 0.1) is 12.7 Å². The molecule has 0 aliphatic carbocycles. The van der Waals surface area contributed by atoms with Gasteiger partial charge in [0.25, 0.3) is 0 Å². The van der Waals surface area contributed by atoms with Gasteiger partial charge in [-0.1, -0.05) is 11.2 Å². The van der Waals surface area contributed by atoms with E-state index in [1.807, 2.05) is 19.9 Å². The van der Waals surface area contributed by atoms with Crippen molar-refractivity contribution in [3.8, 4) is 22.8 Å². The Balaban J connectivity index is 2.69. The van der Waals surface area contributed by atoms with Crippen LogP contribution in [0.1, 0.15) is 11.1 Å². The lowest BCUT2D eigenvalue weighted by atomic mass is 10.0. The van der Waals surface area contributed by atoms with E-state index in [-0.39, 0.29) is 11.6 Å². The van der Waals surface area contributed by atoms with Gasteiger partial charge in [0.1, 0.15) is 5.69 Å². The van der Waals surface area contributed by atoms with Crippen molar-refractivity contribution in [1.29, 1.82) is 0 Å². The molecule has 1 aromatic heterocycles. The molecule has 90 valence electrons. The smallest absolute Gasteiger partial charge is 0.222 e. The Hall–Kier alpha value is -2.17. The molecule has 0 spiro atoms. The van der Waals surface area contributed by atoms with Crippen molar-refractivity contribution < 1.29 is 14.4 Å². The number of rotatable bonds is 2. The predicted octanol–water partition coefficient (Wildman–Crippen LogP) is 2.25. The highest BCUT2D eigenvalue weighted by Gasteiger charge is 2.18. The van der Waals surface area contributed by atoms with Gasteiger partial charge in [-0.05, 0) is 25.0 Å². The summed E-state index contributed by atoms with van der Waals surface area (Å²) in [4.78, 5) is 0. The van der Waals surface area contributed by atoms with Gasteiger partial charge in [0.2, 0.25) is 5.88 Å². The van der Waals surface area contributed by atoms with Crippen molar-refractivity contribution in [2.75, 3.05) is 12.8 Å². The number of hydrogen-bond acceptors (Lipinski definition) is 5. The highest BCUT2D eigenvalue weighted by Crippen LogP contribution is 2.41. The summed E-state index contributed by atoms with van der Waals surface area (Å²) in [7, 11) is 1.51. The second-order valence-electron chi connectivity index (χ2n) is 3.88. The monoisotopic (exact) mass is 234 g/mol. The minimum Gasteiger partial charge on any atom is -0.504 e. The summed E-state index contributed by atoms with van der Waals surface area (Å²) in [6.07, 6.45) is 0. The molecule has 1 aromatic carbocycles. The minimum absolute atomic E-state index is 0.0540. The number of benzene rings is 1. The number of ether oxygens (including phenoxy) is 1. The summed E-state index contributed by atoms with van der Waals surface area (Å²) in [5.41, 5.74) is 8.29. The topological polar surface area (TPSA) is 81.5 Å². The van der Waals surface area contributed by atoms with Crippen LogP contribution in [0.3, 0.4) is 0 Å². The molecule has 0 radical (unpaired) electrons. The van der Waals surface area contributed by atoms with E-state index in [0.29, 0.717) is 17.0 Å². The van der Waals surface area contributed by atoms with Gasteiger partial charge in [-0.25, -0.2) is 0 Å². The van der Waals surface area contributed by atoms with E-state index in [9.17, 15) is 5.11 Å². The molecule has 0 bridgehead atoms. The zero-order valence-electron chi connectivity index (χ0n) is 9.94. The van der Waals surface area contributed by atoms with Gasteiger partial charge in [0, 0.05) is 6.07 Å². The summed E-state index contributed by atoms with van der Waals surface area (Å²) in [6.45, 7) is 3.75. The van der Waals surface area contributed by atoms with Crippen LogP contribution in [-0.4, -0.2) is 17.4 Å². The summed E-state index contributed by atoms with van der Waals surface area (Å²) in [6, 6.07) is 3.48. The first kappa shape index (κ1) is 11.3. The molecule has 17 heavy (non-hydrogen) atoms. The fourth-order valence-electron chi connectivity index (χ4n) is 1.94. The number of nitrogens with zero attached hydrogens (tertiary/aromatic N) is 1. The van der Waals surface area contributed by atoms with Crippen LogP contribution in [0.2, 0.25) is 0 Å². The van der Waals surface area contributed by atoms with Gasteiger partial charge < -0.3 is 20.1 Å². The molecular formula is C12H14N2O3. The molecule has 1 heterocycles. The van der Waals surface area contributed by atoms with E-state index in [4.69, 9.17) is 15.0 Å². The lowest BCUT2D eigenvalue weighted by Crippen LogP contribution is -1.93. The quantitative estimate of drug-likeness (QED) is 0.832. The molecule has 0 amide bonds. The second kappa shape index (κ2) is 4.01. The highest BCUT2D eigenvalue weighted by molar-refractivity contribution is 5.76. The van der Waals surface area contributed by atoms with Crippen molar-refractivity contribution >= 4 is 5.88 Å². The number of methoxy groups -OCH3 is 1. The zero-order valence-corrected chi connectivity index (χ0v) is 9.94. The van der Waals surface area contributed by atoms with Crippen molar-refractivity contribution in [3.05, 3.63) is 23.3 Å². The number of aromatic nitrogens is 1. The van der Waals surface area contributed by atoms with Gasteiger partial charge in [-0.15, -0.1) is 0 Å². The summed E-state index contributed by atoms with van der Waals surface area (Å²) in [5, 5.41) is 14.0. The molecule has 5 heteroatoms. The van der Waals surface area contributed by atoms with Crippen molar-refractivity contribution in [1.82, 2.24) is 5.16 Å². The average Bonchev–Trinajstić information content (AvgIpc) is 2.64. The molecule has 0 saturated carbocycles. The average molecular weight is 234 g/mol. The molecule has 2 rings (SSSR count). The molecular weight excluding hydrogens is 220 g/mol. The lowest BCUT2D eigenvalue weighted by Gasteiger charge is -2.12. The standard InChI is InChI=1S/C12H14N2O3/c1-6-4-7(2)12(16-3)11(15)10(6)8-5-9(13)17-14-8/h4-5,15H,13H2,1-3H3. The Morgan fingerprint density at radius 2 is 2.00 bits per heavy atom. The Morgan fingerprint density at radius 3 is 2.53 bits per heavy atom. The highest BCUT2D eigenvalue weighted by atomic mass is 16.5. The van der Waals surface area contributed by atoms with E-state index in [0.717, 1.165) is 11.1 Å². The summed E-state index contributed by atoms with van der Waals surface area (Å²) >= 11 is 0. The largest absolute Gasteiger partial charge is 0.504 e. The number of aryl methyl sites for hydroxylation is 2. The number of nitrogen functional groups attached to an aromatic ring is 1. The van der Waals surface area contributed by atoms with E-state index in [2.05, 4.69) is 5.16 Å². The van der Waals surface area contributed by atoms with E-state index < -0.39 is 0 Å². The molecule has 0 fully saturated rings. The van der Waals surface area contributed by atoms with E-state index >= 15 is 0 Å². The third-order valence-electron chi connectivity index (χ3n) is 2.63. The molecule has 0 saturated heterocycles. The summed E-state index contributed by atoms with van der Waals surface area (Å²) < 4.78 is 9.97. The van der Waals surface area contributed by atoms with Crippen LogP contribution < -0.4 is 10.5 Å². The predicted molar refractivity (Wildman–Crippen MR) is 64.0 cm³/mol. The van der Waals surface area contributed by atoms with Crippen LogP contribution in [0, 0.1) is 13.8 Å². The lowest BCUT2D eigenvalue weighted by molar-refractivity contribution is 0.371. The molecule has 2 aromatic rings. The number of aromatic hydroxyl groups is 1. The second-order valence-corrected chi connectivity index (χ2v) is 3.88. The number of anilines is 1. The number of hydrogen-bond donors (Lipinski definition) is 2. The molecule has 0 unspecified atom stereocenters. The molecule has 0 aliphatic heterocycles. The number of nitrogens with two attached hydrogens (primary N) is 1. The number of phenols is 1. The maximum Gasteiger partial charge on any atom is 0.222 e.